The molecule has 0 aliphatic carbocycles. The van der Waals surface area contributed by atoms with Crippen LogP contribution in [-0.2, 0) is 11.3 Å². The third-order valence-corrected chi connectivity index (χ3v) is 5.31. The second-order valence-electron chi connectivity index (χ2n) is 7.49. The summed E-state index contributed by atoms with van der Waals surface area (Å²) in [5, 5.41) is 6.07. The standard InChI is InChI=1S/C23H29N3O2/c1-17-14-20(23(28)26-13-7-6-8-18(26)2)11-12-21(17)24-16-22(27)25-15-19-9-4-3-5-10-19/h3-5,9-12,14,18,24H,6-8,13,15-16H2,1-2H3,(H,25,27). The Bertz CT molecular complexity index is 820. The summed E-state index contributed by atoms with van der Waals surface area (Å²) < 4.78 is 0. The number of nitrogens with zero attached hydrogens (tertiary/aromatic N) is 1. The van der Waals surface area contributed by atoms with Gasteiger partial charge >= 0.3 is 0 Å². The lowest BCUT2D eigenvalue weighted by atomic mass is 10.0. The topological polar surface area (TPSA) is 61.4 Å². The summed E-state index contributed by atoms with van der Waals surface area (Å²) in [6.07, 6.45) is 3.34. The molecule has 28 heavy (non-hydrogen) atoms. The minimum atomic E-state index is -0.0643. The number of nitrogens with one attached hydrogen (secondary N) is 2. The molecule has 3 rings (SSSR count). The summed E-state index contributed by atoms with van der Waals surface area (Å²) in [7, 11) is 0. The van der Waals surface area contributed by atoms with Crippen LogP contribution in [-0.4, -0.2) is 35.8 Å². The van der Waals surface area contributed by atoms with Gasteiger partial charge in [-0.3, -0.25) is 9.59 Å². The molecule has 0 saturated carbocycles. The van der Waals surface area contributed by atoms with Gasteiger partial charge in [-0.1, -0.05) is 30.3 Å². The van der Waals surface area contributed by atoms with Crippen molar-refractivity contribution in [2.24, 2.45) is 0 Å². The molecule has 1 aliphatic rings. The Morgan fingerprint density at radius 1 is 1.11 bits per heavy atom. The number of amides is 2. The molecule has 2 amide bonds. The number of rotatable bonds is 6. The summed E-state index contributed by atoms with van der Waals surface area (Å²) >= 11 is 0. The number of aryl methyl sites for hydroxylation is 1. The van der Waals surface area contributed by atoms with E-state index in [2.05, 4.69) is 17.6 Å². The van der Waals surface area contributed by atoms with Crippen LogP contribution in [0.25, 0.3) is 0 Å². The Morgan fingerprint density at radius 3 is 2.61 bits per heavy atom. The third-order valence-electron chi connectivity index (χ3n) is 5.31. The number of carbonyl (C=O) groups excluding carboxylic acids is 2. The van der Waals surface area contributed by atoms with Gasteiger partial charge in [-0.2, -0.15) is 0 Å². The van der Waals surface area contributed by atoms with E-state index in [1.807, 2.05) is 60.4 Å². The van der Waals surface area contributed by atoms with Crippen LogP contribution in [0.1, 0.15) is 47.7 Å². The lowest BCUT2D eigenvalue weighted by Gasteiger charge is -2.33. The second-order valence-corrected chi connectivity index (χ2v) is 7.49. The van der Waals surface area contributed by atoms with Gasteiger partial charge in [0, 0.05) is 30.4 Å². The molecule has 1 fully saturated rings. The van der Waals surface area contributed by atoms with Gasteiger partial charge in [-0.15, -0.1) is 0 Å². The van der Waals surface area contributed by atoms with Crippen molar-refractivity contribution in [2.45, 2.75) is 45.7 Å². The number of anilines is 1. The average Bonchev–Trinajstić information content (AvgIpc) is 2.72. The van der Waals surface area contributed by atoms with E-state index in [1.165, 1.54) is 6.42 Å². The maximum Gasteiger partial charge on any atom is 0.254 e. The molecule has 0 aromatic heterocycles. The summed E-state index contributed by atoms with van der Waals surface area (Å²) in [6, 6.07) is 15.8. The fraction of sp³-hybridized carbons (Fsp3) is 0.391. The van der Waals surface area contributed by atoms with Crippen LogP contribution in [0.5, 0.6) is 0 Å². The van der Waals surface area contributed by atoms with Gasteiger partial charge in [0.1, 0.15) is 0 Å². The van der Waals surface area contributed by atoms with Crippen LogP contribution < -0.4 is 10.6 Å². The van der Waals surface area contributed by atoms with Crippen molar-refractivity contribution in [3.05, 3.63) is 65.2 Å². The number of benzene rings is 2. The Morgan fingerprint density at radius 2 is 1.89 bits per heavy atom. The predicted molar refractivity (Wildman–Crippen MR) is 112 cm³/mol. The van der Waals surface area contributed by atoms with Gasteiger partial charge in [0.2, 0.25) is 5.91 Å². The molecule has 1 atom stereocenters. The number of carbonyl (C=O) groups is 2. The maximum atomic E-state index is 12.8. The monoisotopic (exact) mass is 379 g/mol. The lowest BCUT2D eigenvalue weighted by Crippen LogP contribution is -2.42. The van der Waals surface area contributed by atoms with Gasteiger partial charge in [0.15, 0.2) is 0 Å². The van der Waals surface area contributed by atoms with Crippen LogP contribution in [0.2, 0.25) is 0 Å². The van der Waals surface area contributed by atoms with Crippen molar-refractivity contribution in [2.75, 3.05) is 18.4 Å². The molecule has 1 heterocycles. The molecular weight excluding hydrogens is 350 g/mol. The highest BCUT2D eigenvalue weighted by molar-refractivity contribution is 5.95. The zero-order valence-electron chi connectivity index (χ0n) is 16.7. The number of hydrogen-bond donors (Lipinski definition) is 2. The summed E-state index contributed by atoms with van der Waals surface area (Å²) in [6.45, 7) is 5.63. The van der Waals surface area contributed by atoms with E-state index in [4.69, 9.17) is 0 Å². The lowest BCUT2D eigenvalue weighted by molar-refractivity contribution is -0.119. The molecule has 148 valence electrons. The fourth-order valence-corrected chi connectivity index (χ4v) is 3.60. The Labute approximate surface area is 167 Å². The van der Waals surface area contributed by atoms with Crippen LogP contribution in [0, 0.1) is 6.92 Å². The summed E-state index contributed by atoms with van der Waals surface area (Å²) in [5.74, 6) is 0.0352. The number of likely N-dealkylation sites (tertiary alicyclic amines) is 1. The van der Waals surface area contributed by atoms with Gasteiger partial charge < -0.3 is 15.5 Å². The highest BCUT2D eigenvalue weighted by Crippen LogP contribution is 2.22. The van der Waals surface area contributed by atoms with Crippen molar-refractivity contribution < 1.29 is 9.59 Å². The van der Waals surface area contributed by atoms with Crippen molar-refractivity contribution in [3.63, 3.8) is 0 Å². The SMILES string of the molecule is Cc1cc(C(=O)N2CCCCC2C)ccc1NCC(=O)NCc1ccccc1. The summed E-state index contributed by atoms with van der Waals surface area (Å²) in [5.41, 5.74) is 3.62. The van der Waals surface area contributed by atoms with Crippen molar-refractivity contribution in [1.29, 1.82) is 0 Å². The second kappa shape index (κ2) is 9.40. The smallest absolute Gasteiger partial charge is 0.254 e. The van der Waals surface area contributed by atoms with E-state index < -0.39 is 0 Å². The van der Waals surface area contributed by atoms with Gasteiger partial charge in [0.05, 0.1) is 6.54 Å². The molecular formula is C23H29N3O2. The molecule has 5 nitrogen and oxygen atoms in total. The Kier molecular flexibility index (Phi) is 6.69. The Balaban J connectivity index is 1.53. The van der Waals surface area contributed by atoms with Gasteiger partial charge in [-0.25, -0.2) is 0 Å². The predicted octanol–water partition coefficient (Wildman–Crippen LogP) is 3.74. The van der Waals surface area contributed by atoms with Crippen LogP contribution >= 0.6 is 0 Å². The molecule has 2 aromatic carbocycles. The molecule has 2 N–H and O–H groups in total. The normalized spacial score (nSPS) is 16.5. The zero-order valence-corrected chi connectivity index (χ0v) is 16.7. The molecule has 1 aliphatic heterocycles. The van der Waals surface area contributed by atoms with E-state index in [0.29, 0.717) is 18.2 Å². The van der Waals surface area contributed by atoms with Crippen molar-refractivity contribution >= 4 is 17.5 Å². The third kappa shape index (κ3) is 5.12. The fourth-order valence-electron chi connectivity index (χ4n) is 3.60. The first-order valence-electron chi connectivity index (χ1n) is 10.0. The summed E-state index contributed by atoms with van der Waals surface area (Å²) in [4.78, 5) is 26.9. The first kappa shape index (κ1) is 19.9. The van der Waals surface area contributed by atoms with E-state index >= 15 is 0 Å². The molecule has 5 heteroatoms. The van der Waals surface area contributed by atoms with Crippen LogP contribution in [0.4, 0.5) is 5.69 Å². The maximum absolute atomic E-state index is 12.8. The first-order valence-corrected chi connectivity index (χ1v) is 10.0. The molecule has 2 aromatic rings. The van der Waals surface area contributed by atoms with E-state index in [0.717, 1.165) is 36.2 Å². The van der Waals surface area contributed by atoms with Crippen molar-refractivity contribution in [1.82, 2.24) is 10.2 Å². The van der Waals surface area contributed by atoms with Crippen LogP contribution in [0.15, 0.2) is 48.5 Å². The average molecular weight is 380 g/mol. The zero-order chi connectivity index (χ0) is 19.9. The van der Waals surface area contributed by atoms with E-state index in [1.54, 1.807) is 0 Å². The van der Waals surface area contributed by atoms with E-state index in [9.17, 15) is 9.59 Å². The number of hydrogen-bond acceptors (Lipinski definition) is 3. The van der Waals surface area contributed by atoms with Crippen LogP contribution in [0.3, 0.4) is 0 Å². The van der Waals surface area contributed by atoms with Crippen molar-refractivity contribution in [3.8, 4) is 0 Å². The quantitative estimate of drug-likeness (QED) is 0.804. The molecule has 0 spiro atoms. The molecule has 0 bridgehead atoms. The van der Waals surface area contributed by atoms with E-state index in [-0.39, 0.29) is 18.4 Å². The minimum absolute atomic E-state index is 0.0643. The van der Waals surface area contributed by atoms with Gasteiger partial charge in [0.25, 0.3) is 5.91 Å². The Hall–Kier alpha value is -2.82. The largest absolute Gasteiger partial charge is 0.376 e. The molecule has 1 unspecified atom stereocenters. The highest BCUT2D eigenvalue weighted by atomic mass is 16.2. The molecule has 0 radical (unpaired) electrons. The van der Waals surface area contributed by atoms with Gasteiger partial charge in [-0.05, 0) is 62.4 Å². The number of piperidine rings is 1. The highest BCUT2D eigenvalue weighted by Gasteiger charge is 2.24. The minimum Gasteiger partial charge on any atom is -0.376 e. The molecule has 1 saturated heterocycles. The first-order chi connectivity index (χ1) is 13.5.